The van der Waals surface area contributed by atoms with Crippen LogP contribution in [0.5, 0.6) is 0 Å². The summed E-state index contributed by atoms with van der Waals surface area (Å²) in [6.07, 6.45) is 2.18. The number of rotatable bonds is 2. The zero-order valence-corrected chi connectivity index (χ0v) is 7.00. The molecule has 1 heterocycles. The summed E-state index contributed by atoms with van der Waals surface area (Å²) < 4.78 is 0. The summed E-state index contributed by atoms with van der Waals surface area (Å²) in [5.41, 5.74) is 1.34. The van der Waals surface area contributed by atoms with Crippen molar-refractivity contribution in [3.8, 4) is 0 Å². The summed E-state index contributed by atoms with van der Waals surface area (Å²) in [6, 6.07) is 3.65. The lowest BCUT2D eigenvalue weighted by Crippen LogP contribution is -2.20. The Hall–Kier alpha value is -1.38. The molecular weight excluding hydrogens is 152 g/mol. The normalized spacial score (nSPS) is 9.50. The van der Waals surface area contributed by atoms with E-state index in [1.165, 1.54) is 0 Å². The Morgan fingerprint density at radius 1 is 1.75 bits per heavy atom. The minimum Gasteiger partial charge on any atom is -0.354 e. The maximum Gasteiger partial charge on any atom is 0.269 e. The molecule has 3 heteroatoms. The number of nitrogens with zero attached hydrogens (tertiary/aromatic N) is 1. The van der Waals surface area contributed by atoms with E-state index >= 15 is 0 Å². The highest BCUT2D eigenvalue weighted by atomic mass is 16.1. The second-order valence-electron chi connectivity index (χ2n) is 2.34. The molecule has 1 aromatic rings. The molecule has 1 aromatic heterocycles. The van der Waals surface area contributed by atoms with Crippen molar-refractivity contribution in [3.63, 3.8) is 0 Å². The molecule has 0 unspecified atom stereocenters. The Kier molecular flexibility index (Phi) is 2.80. The van der Waals surface area contributed by atoms with Crippen LogP contribution in [-0.2, 0) is 6.42 Å². The van der Waals surface area contributed by atoms with Crippen molar-refractivity contribution in [1.29, 1.82) is 0 Å². The third-order valence-corrected chi connectivity index (χ3v) is 1.60. The third-order valence-electron chi connectivity index (χ3n) is 1.60. The first-order valence-electron chi connectivity index (χ1n) is 3.74. The number of hydrogen-bond donors (Lipinski definition) is 1. The summed E-state index contributed by atoms with van der Waals surface area (Å²) in [6.45, 7) is 3.71. The highest BCUT2D eigenvalue weighted by Gasteiger charge is 2.08. The Morgan fingerprint density at radius 3 is 3.08 bits per heavy atom. The molecule has 0 fully saturated rings. The van der Waals surface area contributed by atoms with E-state index in [2.05, 4.69) is 17.2 Å². The van der Waals surface area contributed by atoms with Crippen LogP contribution in [0.25, 0.3) is 0 Å². The first-order valence-corrected chi connectivity index (χ1v) is 3.74. The molecule has 1 rings (SSSR count). The number of nitrogens with one attached hydrogen (secondary N) is 1. The van der Waals surface area contributed by atoms with Gasteiger partial charge in [-0.3, -0.25) is 9.78 Å². The number of aromatic nitrogens is 1. The molecule has 12 heavy (non-hydrogen) atoms. The van der Waals surface area contributed by atoms with Gasteiger partial charge in [-0.25, -0.2) is 0 Å². The Labute approximate surface area is 71.8 Å². The van der Waals surface area contributed by atoms with E-state index < -0.39 is 0 Å². The van der Waals surface area contributed by atoms with Crippen LogP contribution in [-0.4, -0.2) is 17.9 Å². The molecule has 1 N–H and O–H groups in total. The molecule has 0 saturated heterocycles. The van der Waals surface area contributed by atoms with E-state index in [9.17, 15) is 4.79 Å². The fourth-order valence-corrected chi connectivity index (χ4v) is 0.963. The van der Waals surface area contributed by atoms with E-state index in [-0.39, 0.29) is 5.91 Å². The maximum atomic E-state index is 11.2. The first kappa shape index (κ1) is 8.71. The van der Waals surface area contributed by atoms with Gasteiger partial charge in [0.1, 0.15) is 5.69 Å². The van der Waals surface area contributed by atoms with Crippen LogP contribution in [0.4, 0.5) is 0 Å². The van der Waals surface area contributed by atoms with Crippen LogP contribution >= 0.6 is 0 Å². The topological polar surface area (TPSA) is 42.0 Å². The summed E-state index contributed by atoms with van der Waals surface area (Å²) in [7, 11) is 1.59. The lowest BCUT2D eigenvalue weighted by atomic mass is 10.1. The molecule has 0 aliphatic carbocycles. The fourth-order valence-electron chi connectivity index (χ4n) is 0.963. The number of carbonyl (C=O) groups excluding carboxylic acids is 1. The first-order chi connectivity index (χ1) is 5.79. The largest absolute Gasteiger partial charge is 0.354 e. The van der Waals surface area contributed by atoms with Gasteiger partial charge in [0.25, 0.3) is 5.91 Å². The second-order valence-corrected chi connectivity index (χ2v) is 2.34. The number of pyridine rings is 1. The molecule has 1 amide bonds. The molecule has 0 bridgehead atoms. The van der Waals surface area contributed by atoms with Crippen LogP contribution in [0.3, 0.4) is 0 Å². The molecule has 3 nitrogen and oxygen atoms in total. The minimum atomic E-state index is -0.158. The SMILES string of the molecule is [CH2]Cc1cccnc1C(=O)NC. The molecule has 0 saturated carbocycles. The standard InChI is InChI=1S/C9H11N2O/c1-3-7-5-4-6-11-8(7)9(12)10-2/h4-6H,1,3H2,2H3,(H,10,12). The summed E-state index contributed by atoms with van der Waals surface area (Å²) in [4.78, 5) is 15.2. The highest BCUT2D eigenvalue weighted by molar-refractivity contribution is 5.93. The van der Waals surface area contributed by atoms with Crippen molar-refractivity contribution in [2.24, 2.45) is 0 Å². The van der Waals surface area contributed by atoms with Crippen molar-refractivity contribution in [1.82, 2.24) is 10.3 Å². The smallest absolute Gasteiger partial charge is 0.269 e. The number of amides is 1. The van der Waals surface area contributed by atoms with Crippen LogP contribution in [0.1, 0.15) is 16.1 Å². The average Bonchev–Trinajstić information content (AvgIpc) is 2.16. The van der Waals surface area contributed by atoms with Gasteiger partial charge in [-0.1, -0.05) is 6.07 Å². The van der Waals surface area contributed by atoms with Crippen molar-refractivity contribution in [2.45, 2.75) is 6.42 Å². The van der Waals surface area contributed by atoms with Crippen molar-refractivity contribution >= 4 is 5.91 Å². The van der Waals surface area contributed by atoms with Gasteiger partial charge in [-0.05, 0) is 25.0 Å². The maximum absolute atomic E-state index is 11.2. The number of hydrogen-bond acceptors (Lipinski definition) is 2. The van der Waals surface area contributed by atoms with Crippen LogP contribution in [0.2, 0.25) is 0 Å². The summed E-state index contributed by atoms with van der Waals surface area (Å²) >= 11 is 0. The van der Waals surface area contributed by atoms with E-state index in [1.807, 2.05) is 6.07 Å². The quantitative estimate of drug-likeness (QED) is 0.701. The molecule has 1 radical (unpaired) electrons. The molecule has 0 aliphatic heterocycles. The van der Waals surface area contributed by atoms with Gasteiger partial charge < -0.3 is 5.32 Å². The molecule has 0 aromatic carbocycles. The average molecular weight is 163 g/mol. The molecule has 0 aliphatic rings. The van der Waals surface area contributed by atoms with Gasteiger partial charge in [0.15, 0.2) is 0 Å². The van der Waals surface area contributed by atoms with E-state index in [0.29, 0.717) is 12.1 Å². The fraction of sp³-hybridized carbons (Fsp3) is 0.222. The van der Waals surface area contributed by atoms with E-state index in [4.69, 9.17) is 0 Å². The van der Waals surface area contributed by atoms with Crippen LogP contribution < -0.4 is 5.32 Å². The predicted molar refractivity (Wildman–Crippen MR) is 46.7 cm³/mol. The molecule has 0 atom stereocenters. The van der Waals surface area contributed by atoms with Crippen LogP contribution in [0, 0.1) is 6.92 Å². The van der Waals surface area contributed by atoms with E-state index in [1.54, 1.807) is 19.3 Å². The second kappa shape index (κ2) is 3.85. The monoisotopic (exact) mass is 163 g/mol. The Balaban J connectivity index is 3.04. The number of carbonyl (C=O) groups is 1. The van der Waals surface area contributed by atoms with E-state index in [0.717, 1.165) is 5.56 Å². The van der Waals surface area contributed by atoms with Gasteiger partial charge in [0.2, 0.25) is 0 Å². The lowest BCUT2D eigenvalue weighted by Gasteiger charge is -2.03. The van der Waals surface area contributed by atoms with Crippen LogP contribution in [0.15, 0.2) is 18.3 Å². The predicted octanol–water partition coefficient (Wildman–Crippen LogP) is 0.818. The van der Waals surface area contributed by atoms with Gasteiger partial charge in [0.05, 0.1) is 0 Å². The molecular formula is C9H11N2O. The lowest BCUT2D eigenvalue weighted by molar-refractivity contribution is 0.0957. The molecule has 63 valence electrons. The van der Waals surface area contributed by atoms with Crippen molar-refractivity contribution < 1.29 is 4.79 Å². The zero-order valence-electron chi connectivity index (χ0n) is 7.00. The van der Waals surface area contributed by atoms with Crippen molar-refractivity contribution in [3.05, 3.63) is 36.5 Å². The van der Waals surface area contributed by atoms with Gasteiger partial charge >= 0.3 is 0 Å². The van der Waals surface area contributed by atoms with Crippen molar-refractivity contribution in [2.75, 3.05) is 7.05 Å². The highest BCUT2D eigenvalue weighted by Crippen LogP contribution is 2.04. The zero-order chi connectivity index (χ0) is 8.97. The third kappa shape index (κ3) is 1.61. The van der Waals surface area contributed by atoms with Gasteiger partial charge in [0, 0.05) is 13.2 Å². The van der Waals surface area contributed by atoms with Gasteiger partial charge in [-0.15, -0.1) is 0 Å². The van der Waals surface area contributed by atoms with Gasteiger partial charge in [-0.2, -0.15) is 0 Å². The summed E-state index contributed by atoms with van der Waals surface area (Å²) in [5.74, 6) is -0.158. The summed E-state index contributed by atoms with van der Waals surface area (Å²) in [5, 5.41) is 2.53. The molecule has 0 spiro atoms. The Morgan fingerprint density at radius 2 is 2.50 bits per heavy atom. The Bertz CT molecular complexity index is 284. The minimum absolute atomic E-state index is 0.158.